The lowest BCUT2D eigenvalue weighted by Gasteiger charge is -2.17. The molecule has 166 valence electrons. The molecule has 3 aromatic carbocycles. The van der Waals surface area contributed by atoms with Crippen molar-refractivity contribution in [3.8, 4) is 5.75 Å². The predicted molar refractivity (Wildman–Crippen MR) is 123 cm³/mol. The molecule has 0 saturated heterocycles. The van der Waals surface area contributed by atoms with Crippen molar-refractivity contribution in [3.63, 3.8) is 0 Å². The van der Waals surface area contributed by atoms with Gasteiger partial charge >= 0.3 is 5.97 Å². The minimum Gasteiger partial charge on any atom is -0.478 e. The number of rotatable bonds is 8. The number of ether oxygens (including phenoxy) is 1. The molecule has 1 unspecified atom stereocenters. The first-order chi connectivity index (χ1) is 15.9. The van der Waals surface area contributed by atoms with E-state index < -0.39 is 23.8 Å². The number of benzene rings is 3. The average molecular weight is 442 g/mol. The normalized spacial score (nSPS) is 11.8. The van der Waals surface area contributed by atoms with Gasteiger partial charge in [-0.25, -0.2) is 4.79 Å². The van der Waals surface area contributed by atoms with Crippen LogP contribution in [0.2, 0.25) is 0 Å². The summed E-state index contributed by atoms with van der Waals surface area (Å²) in [5.41, 5.74) is 8.08. The van der Waals surface area contributed by atoms with Crippen molar-refractivity contribution in [1.29, 1.82) is 0 Å². The summed E-state index contributed by atoms with van der Waals surface area (Å²) in [5, 5.41) is 10.2. The van der Waals surface area contributed by atoms with E-state index in [9.17, 15) is 19.5 Å². The van der Waals surface area contributed by atoms with Crippen LogP contribution in [-0.2, 0) is 16.1 Å². The Bertz CT molecular complexity index is 1340. The number of fused-ring (bicyclic) bond motifs is 1. The highest BCUT2D eigenvalue weighted by Crippen LogP contribution is 2.36. The number of hydrogen-bond donors (Lipinski definition) is 2. The van der Waals surface area contributed by atoms with Crippen LogP contribution < -0.4 is 10.5 Å². The van der Waals surface area contributed by atoms with E-state index in [1.165, 1.54) is 0 Å². The van der Waals surface area contributed by atoms with E-state index in [4.69, 9.17) is 10.5 Å². The zero-order chi connectivity index (χ0) is 23.5. The van der Waals surface area contributed by atoms with E-state index in [-0.39, 0.29) is 11.3 Å². The number of Topliss-reactive ketones (excluding diaryl/α,β-unsaturated/α-hetero) is 1. The lowest BCUT2D eigenvalue weighted by Crippen LogP contribution is -2.24. The van der Waals surface area contributed by atoms with E-state index in [0.29, 0.717) is 28.7 Å². The number of primary amides is 1. The molecule has 1 aromatic heterocycles. The van der Waals surface area contributed by atoms with Gasteiger partial charge in [0.1, 0.15) is 5.75 Å². The van der Waals surface area contributed by atoms with Crippen molar-refractivity contribution in [2.24, 2.45) is 5.73 Å². The second-order valence-corrected chi connectivity index (χ2v) is 7.62. The minimum absolute atomic E-state index is 0.112. The number of ketones is 1. The summed E-state index contributed by atoms with van der Waals surface area (Å²) < 4.78 is 7.84. The number of nitrogens with zero attached hydrogens (tertiary/aromatic N) is 1. The lowest BCUT2D eigenvalue weighted by molar-refractivity contribution is -0.145. The van der Waals surface area contributed by atoms with E-state index >= 15 is 0 Å². The number of carbonyl (C=O) groups is 3. The Morgan fingerprint density at radius 3 is 2.18 bits per heavy atom. The van der Waals surface area contributed by atoms with Crippen LogP contribution in [0.15, 0.2) is 78.9 Å². The summed E-state index contributed by atoms with van der Waals surface area (Å²) in [5.74, 6) is -2.94. The number of carbonyl (C=O) groups excluding carboxylic acids is 2. The molecule has 0 radical (unpaired) electrons. The quantitative estimate of drug-likeness (QED) is 0.318. The molecule has 0 saturated carbocycles. The molecule has 0 aliphatic carbocycles. The van der Waals surface area contributed by atoms with Crippen molar-refractivity contribution >= 4 is 28.6 Å². The largest absolute Gasteiger partial charge is 0.478 e. The molecule has 1 atom stereocenters. The molecule has 0 aliphatic heterocycles. The Kier molecular flexibility index (Phi) is 5.95. The minimum atomic E-state index is -1.30. The Hall–Kier alpha value is -4.39. The monoisotopic (exact) mass is 442 g/mol. The zero-order valence-corrected chi connectivity index (χ0v) is 17.9. The van der Waals surface area contributed by atoms with Gasteiger partial charge < -0.3 is 20.1 Å². The number of carboxylic acid groups (broad SMARTS) is 1. The molecule has 1 heterocycles. The fraction of sp³-hybridized carbons (Fsp3) is 0.115. The van der Waals surface area contributed by atoms with Crippen LogP contribution in [0, 0.1) is 6.92 Å². The fourth-order valence-electron chi connectivity index (χ4n) is 3.98. The third-order valence-corrected chi connectivity index (χ3v) is 5.52. The second-order valence-electron chi connectivity index (χ2n) is 7.62. The van der Waals surface area contributed by atoms with Crippen molar-refractivity contribution in [2.75, 3.05) is 0 Å². The molecule has 4 rings (SSSR count). The maximum absolute atomic E-state index is 12.8. The van der Waals surface area contributed by atoms with Crippen LogP contribution in [0.3, 0.4) is 0 Å². The molecule has 0 fully saturated rings. The highest BCUT2D eigenvalue weighted by Gasteiger charge is 2.28. The molecule has 0 bridgehead atoms. The van der Waals surface area contributed by atoms with Crippen LogP contribution >= 0.6 is 0 Å². The molecular formula is C26H22N2O5. The first kappa shape index (κ1) is 21.8. The molecule has 33 heavy (non-hydrogen) atoms. The molecular weight excluding hydrogens is 420 g/mol. The summed E-state index contributed by atoms with van der Waals surface area (Å²) in [6.45, 7) is 2.18. The average Bonchev–Trinajstić information content (AvgIpc) is 3.09. The first-order valence-electron chi connectivity index (χ1n) is 10.3. The zero-order valence-electron chi connectivity index (χ0n) is 17.9. The maximum atomic E-state index is 12.8. The van der Waals surface area contributed by atoms with Crippen LogP contribution in [-0.4, -0.2) is 27.3 Å². The van der Waals surface area contributed by atoms with Crippen LogP contribution in [0.4, 0.5) is 0 Å². The predicted octanol–water partition coefficient (Wildman–Crippen LogP) is 3.87. The maximum Gasteiger partial charge on any atom is 0.349 e. The molecule has 7 heteroatoms. The number of amides is 1. The third kappa shape index (κ3) is 4.21. The van der Waals surface area contributed by atoms with Crippen molar-refractivity contribution < 1.29 is 24.2 Å². The first-order valence-corrected chi connectivity index (χ1v) is 10.3. The second kappa shape index (κ2) is 9.00. The SMILES string of the molecule is Cc1c(C(=O)C(N)=O)c2c(OC(C(=O)O)c3ccccc3)cccc2n1Cc1ccccc1. The van der Waals surface area contributed by atoms with Gasteiger partial charge in [-0.15, -0.1) is 0 Å². The van der Waals surface area contributed by atoms with Crippen molar-refractivity contribution in [3.05, 3.63) is 101 Å². The smallest absolute Gasteiger partial charge is 0.349 e. The molecule has 0 aliphatic rings. The Balaban J connectivity index is 1.91. The molecule has 7 nitrogen and oxygen atoms in total. The van der Waals surface area contributed by atoms with Gasteiger partial charge in [0, 0.05) is 17.8 Å². The van der Waals surface area contributed by atoms with Gasteiger partial charge in [0.25, 0.3) is 11.7 Å². The van der Waals surface area contributed by atoms with Crippen LogP contribution in [0.1, 0.15) is 33.3 Å². The lowest BCUT2D eigenvalue weighted by atomic mass is 10.0. The van der Waals surface area contributed by atoms with Gasteiger partial charge in [0.05, 0.1) is 16.5 Å². The summed E-state index contributed by atoms with van der Waals surface area (Å²) in [6, 6.07) is 23.3. The van der Waals surface area contributed by atoms with Gasteiger partial charge in [-0.1, -0.05) is 66.7 Å². The number of aliphatic carboxylic acids is 1. The Morgan fingerprint density at radius 1 is 0.939 bits per heavy atom. The Labute approximate surface area is 190 Å². The summed E-state index contributed by atoms with van der Waals surface area (Å²) in [7, 11) is 0. The number of aromatic nitrogens is 1. The molecule has 0 spiro atoms. The van der Waals surface area contributed by atoms with Gasteiger partial charge in [-0.3, -0.25) is 9.59 Å². The number of nitrogens with two attached hydrogens (primary N) is 1. The van der Waals surface area contributed by atoms with Crippen LogP contribution in [0.25, 0.3) is 10.9 Å². The molecule has 4 aromatic rings. The Morgan fingerprint density at radius 2 is 1.58 bits per heavy atom. The van der Waals surface area contributed by atoms with Crippen molar-refractivity contribution in [2.45, 2.75) is 19.6 Å². The van der Waals surface area contributed by atoms with E-state index in [1.54, 1.807) is 55.5 Å². The van der Waals surface area contributed by atoms with Gasteiger partial charge in [0.15, 0.2) is 0 Å². The third-order valence-electron chi connectivity index (χ3n) is 5.52. The standard InChI is InChI=1S/C26H22N2O5/c1-16-21(23(29)25(27)30)22-19(28(16)15-17-9-4-2-5-10-17)13-8-14-20(22)33-24(26(31)32)18-11-6-3-7-12-18/h2-14,24H,15H2,1H3,(H2,27,30)(H,31,32). The molecule has 1 amide bonds. The van der Waals surface area contributed by atoms with Gasteiger partial charge in [-0.05, 0) is 24.6 Å². The summed E-state index contributed by atoms with van der Waals surface area (Å²) in [6.07, 6.45) is -1.30. The summed E-state index contributed by atoms with van der Waals surface area (Å²) in [4.78, 5) is 36.7. The highest BCUT2D eigenvalue weighted by atomic mass is 16.5. The highest BCUT2D eigenvalue weighted by molar-refractivity contribution is 6.45. The summed E-state index contributed by atoms with van der Waals surface area (Å²) >= 11 is 0. The van der Waals surface area contributed by atoms with Gasteiger partial charge in [-0.2, -0.15) is 0 Å². The van der Waals surface area contributed by atoms with E-state index in [0.717, 1.165) is 5.56 Å². The van der Waals surface area contributed by atoms with Crippen molar-refractivity contribution in [1.82, 2.24) is 4.57 Å². The molecule has 3 N–H and O–H groups in total. The topological polar surface area (TPSA) is 112 Å². The van der Waals surface area contributed by atoms with Crippen LogP contribution in [0.5, 0.6) is 5.75 Å². The number of hydrogen-bond acceptors (Lipinski definition) is 4. The van der Waals surface area contributed by atoms with E-state index in [1.807, 2.05) is 34.9 Å². The number of carboxylic acids is 1. The van der Waals surface area contributed by atoms with E-state index in [2.05, 4.69) is 0 Å². The fourth-order valence-corrected chi connectivity index (χ4v) is 3.98. The van der Waals surface area contributed by atoms with Gasteiger partial charge in [0.2, 0.25) is 6.10 Å².